The fraction of sp³-hybridized carbons (Fsp3) is 0.167. The van der Waals surface area contributed by atoms with E-state index in [0.29, 0.717) is 11.0 Å². The Morgan fingerprint density at radius 3 is 2.41 bits per heavy atom. The van der Waals surface area contributed by atoms with Crippen molar-refractivity contribution in [2.45, 2.75) is 6.92 Å². The summed E-state index contributed by atoms with van der Waals surface area (Å²) in [4.78, 5) is 9.88. The molecule has 5 heteroatoms. The van der Waals surface area contributed by atoms with Crippen LogP contribution in [-0.4, -0.2) is 17.0 Å². The molecule has 0 aliphatic carbocycles. The molecule has 0 aliphatic heterocycles. The second kappa shape index (κ2) is 4.59. The van der Waals surface area contributed by atoms with Gasteiger partial charge in [0.2, 0.25) is 5.95 Å². The molecule has 0 spiro atoms. The molecule has 17 heavy (non-hydrogen) atoms. The number of rotatable bonds is 2. The minimum atomic E-state index is 0.173. The van der Waals surface area contributed by atoms with Gasteiger partial charge in [0.25, 0.3) is 0 Å². The van der Waals surface area contributed by atoms with E-state index in [1.807, 2.05) is 43.1 Å². The summed E-state index contributed by atoms with van der Waals surface area (Å²) in [5.74, 6) is 0.845. The van der Waals surface area contributed by atoms with Crippen LogP contribution in [0.5, 0.6) is 0 Å². The normalized spacial score (nSPS) is 10.3. The number of aryl methyl sites for hydroxylation is 1. The average Bonchev–Trinajstić information content (AvgIpc) is 2.28. The van der Waals surface area contributed by atoms with E-state index in [1.165, 1.54) is 5.56 Å². The summed E-state index contributed by atoms with van der Waals surface area (Å²) >= 11 is 5.85. The predicted octanol–water partition coefficient (Wildman–Crippen LogP) is 2.79. The van der Waals surface area contributed by atoms with Gasteiger partial charge in [0, 0.05) is 18.8 Å². The lowest BCUT2D eigenvalue weighted by atomic mass is 10.2. The Morgan fingerprint density at radius 2 is 1.82 bits per heavy atom. The maximum Gasteiger partial charge on any atom is 0.223 e. The summed E-state index contributed by atoms with van der Waals surface area (Å²) in [7, 11) is 1.91. The monoisotopic (exact) mass is 248 g/mol. The van der Waals surface area contributed by atoms with Crippen LogP contribution in [0.3, 0.4) is 0 Å². The van der Waals surface area contributed by atoms with Crippen LogP contribution in [0.15, 0.2) is 30.3 Å². The van der Waals surface area contributed by atoms with Crippen molar-refractivity contribution in [3.05, 3.63) is 41.0 Å². The molecular formula is C12H13ClN4. The molecule has 0 bridgehead atoms. The lowest BCUT2D eigenvalue weighted by Crippen LogP contribution is -2.12. The molecule has 4 nitrogen and oxygen atoms in total. The van der Waals surface area contributed by atoms with E-state index in [1.54, 1.807) is 6.07 Å². The highest BCUT2D eigenvalue weighted by Gasteiger charge is 2.07. The first-order valence-corrected chi connectivity index (χ1v) is 5.54. The summed E-state index contributed by atoms with van der Waals surface area (Å²) < 4.78 is 0. The van der Waals surface area contributed by atoms with Gasteiger partial charge in [-0.1, -0.05) is 29.3 Å². The molecule has 0 radical (unpaired) electrons. The lowest BCUT2D eigenvalue weighted by Gasteiger charge is -2.18. The lowest BCUT2D eigenvalue weighted by molar-refractivity contribution is 1.09. The zero-order chi connectivity index (χ0) is 12.4. The summed E-state index contributed by atoms with van der Waals surface area (Å²) in [6.45, 7) is 2.04. The van der Waals surface area contributed by atoms with E-state index in [4.69, 9.17) is 17.3 Å². The molecule has 0 aliphatic rings. The smallest absolute Gasteiger partial charge is 0.223 e. The molecule has 0 unspecified atom stereocenters. The first-order chi connectivity index (χ1) is 8.06. The van der Waals surface area contributed by atoms with Crippen LogP contribution in [0.1, 0.15) is 5.56 Å². The minimum Gasteiger partial charge on any atom is -0.368 e. The summed E-state index contributed by atoms with van der Waals surface area (Å²) in [6, 6.07) is 9.79. The standard InChI is InChI=1S/C12H13ClN4/c1-8-3-5-9(6-4-8)17(2)11-7-10(13)15-12(14)16-11/h3-7H,1-2H3,(H2,14,15,16). The van der Waals surface area contributed by atoms with Gasteiger partial charge in [0.15, 0.2) is 0 Å². The van der Waals surface area contributed by atoms with Crippen molar-refractivity contribution < 1.29 is 0 Å². The van der Waals surface area contributed by atoms with Crippen molar-refractivity contribution in [3.63, 3.8) is 0 Å². The molecule has 0 saturated heterocycles. The van der Waals surface area contributed by atoms with Crippen molar-refractivity contribution in [1.82, 2.24) is 9.97 Å². The molecule has 1 aromatic carbocycles. The number of hydrogen-bond acceptors (Lipinski definition) is 4. The van der Waals surface area contributed by atoms with Crippen LogP contribution in [0.4, 0.5) is 17.5 Å². The van der Waals surface area contributed by atoms with E-state index in [-0.39, 0.29) is 5.95 Å². The van der Waals surface area contributed by atoms with E-state index in [2.05, 4.69) is 9.97 Å². The molecular weight excluding hydrogens is 236 g/mol. The minimum absolute atomic E-state index is 0.173. The molecule has 0 saturated carbocycles. The van der Waals surface area contributed by atoms with Gasteiger partial charge in [-0.25, -0.2) is 4.98 Å². The Hall–Kier alpha value is -1.81. The van der Waals surface area contributed by atoms with Crippen molar-refractivity contribution in [2.75, 3.05) is 17.7 Å². The molecule has 88 valence electrons. The van der Waals surface area contributed by atoms with Gasteiger partial charge >= 0.3 is 0 Å². The Labute approximate surface area is 105 Å². The number of hydrogen-bond donors (Lipinski definition) is 1. The third-order valence-electron chi connectivity index (χ3n) is 2.46. The fourth-order valence-electron chi connectivity index (χ4n) is 1.50. The van der Waals surface area contributed by atoms with Gasteiger partial charge in [-0.2, -0.15) is 4.98 Å². The van der Waals surface area contributed by atoms with E-state index >= 15 is 0 Å². The van der Waals surface area contributed by atoms with E-state index in [0.717, 1.165) is 5.69 Å². The predicted molar refractivity (Wildman–Crippen MR) is 70.7 cm³/mol. The number of aromatic nitrogens is 2. The molecule has 2 N–H and O–H groups in total. The number of anilines is 3. The first kappa shape index (κ1) is 11.7. The second-order valence-electron chi connectivity index (χ2n) is 3.80. The van der Waals surface area contributed by atoms with Crippen LogP contribution >= 0.6 is 11.6 Å². The van der Waals surface area contributed by atoms with Crippen LogP contribution < -0.4 is 10.6 Å². The number of nitrogens with zero attached hydrogens (tertiary/aromatic N) is 3. The average molecular weight is 249 g/mol. The highest BCUT2D eigenvalue weighted by Crippen LogP contribution is 2.24. The highest BCUT2D eigenvalue weighted by atomic mass is 35.5. The Balaban J connectivity index is 2.36. The van der Waals surface area contributed by atoms with Gasteiger partial charge in [0.1, 0.15) is 11.0 Å². The zero-order valence-electron chi connectivity index (χ0n) is 9.68. The van der Waals surface area contributed by atoms with Gasteiger partial charge in [-0.15, -0.1) is 0 Å². The van der Waals surface area contributed by atoms with Crippen LogP contribution in [0.25, 0.3) is 0 Å². The number of nitrogen functional groups attached to an aromatic ring is 1. The maximum atomic E-state index is 5.85. The maximum absolute atomic E-state index is 5.85. The zero-order valence-corrected chi connectivity index (χ0v) is 10.4. The highest BCUT2D eigenvalue weighted by molar-refractivity contribution is 6.29. The molecule has 2 aromatic rings. The van der Waals surface area contributed by atoms with Gasteiger partial charge in [0.05, 0.1) is 0 Å². The van der Waals surface area contributed by atoms with Gasteiger partial charge < -0.3 is 10.6 Å². The third kappa shape index (κ3) is 2.65. The van der Waals surface area contributed by atoms with E-state index < -0.39 is 0 Å². The largest absolute Gasteiger partial charge is 0.368 e. The van der Waals surface area contributed by atoms with Crippen molar-refractivity contribution in [3.8, 4) is 0 Å². The van der Waals surface area contributed by atoms with E-state index in [9.17, 15) is 0 Å². The summed E-state index contributed by atoms with van der Waals surface area (Å²) in [6.07, 6.45) is 0. The Morgan fingerprint density at radius 1 is 1.18 bits per heavy atom. The fourth-order valence-corrected chi connectivity index (χ4v) is 1.68. The van der Waals surface area contributed by atoms with Crippen molar-refractivity contribution in [2.24, 2.45) is 0 Å². The quantitative estimate of drug-likeness (QED) is 0.831. The number of halogens is 1. The Kier molecular flexibility index (Phi) is 3.15. The second-order valence-corrected chi connectivity index (χ2v) is 4.19. The van der Waals surface area contributed by atoms with Gasteiger partial charge in [-0.3, -0.25) is 0 Å². The molecule has 0 atom stereocenters. The van der Waals surface area contributed by atoms with Gasteiger partial charge in [-0.05, 0) is 19.1 Å². The molecule has 0 fully saturated rings. The molecule has 1 aromatic heterocycles. The van der Waals surface area contributed by atoms with Crippen LogP contribution in [0.2, 0.25) is 5.15 Å². The first-order valence-electron chi connectivity index (χ1n) is 5.17. The molecule has 1 heterocycles. The number of benzene rings is 1. The van der Waals surface area contributed by atoms with Crippen molar-refractivity contribution in [1.29, 1.82) is 0 Å². The molecule has 2 rings (SSSR count). The SMILES string of the molecule is Cc1ccc(N(C)c2cc(Cl)nc(N)n2)cc1. The summed E-state index contributed by atoms with van der Waals surface area (Å²) in [5, 5.41) is 0.339. The summed E-state index contributed by atoms with van der Waals surface area (Å²) in [5.41, 5.74) is 7.79. The van der Waals surface area contributed by atoms with Crippen LogP contribution in [0, 0.1) is 6.92 Å². The third-order valence-corrected chi connectivity index (χ3v) is 2.66. The number of nitrogens with two attached hydrogens (primary N) is 1. The Bertz CT molecular complexity index is 504. The molecule has 0 amide bonds. The van der Waals surface area contributed by atoms with Crippen molar-refractivity contribution >= 4 is 29.1 Å². The van der Waals surface area contributed by atoms with Crippen LogP contribution in [-0.2, 0) is 0 Å². The topological polar surface area (TPSA) is 55.0 Å².